The predicted molar refractivity (Wildman–Crippen MR) is 123 cm³/mol. The summed E-state index contributed by atoms with van der Waals surface area (Å²) < 4.78 is 27.9. The summed E-state index contributed by atoms with van der Waals surface area (Å²) in [5.41, 5.74) is 4.80. The monoisotopic (exact) mass is 441 g/mol. The van der Waals surface area contributed by atoms with E-state index in [1.807, 2.05) is 11.0 Å². The Hall–Kier alpha value is -2.38. The van der Waals surface area contributed by atoms with Gasteiger partial charge in [-0.15, -0.1) is 0 Å². The molecule has 1 aliphatic carbocycles. The van der Waals surface area contributed by atoms with Crippen LogP contribution in [0.1, 0.15) is 36.0 Å². The number of carbonyl (C=O) groups is 1. The number of anilines is 1. The molecular formula is C24H31N3O3S. The Kier molecular flexibility index (Phi) is 6.62. The van der Waals surface area contributed by atoms with Crippen LogP contribution in [0.15, 0.2) is 47.4 Å². The number of carbonyl (C=O) groups excluding carboxylic acids is 1. The number of amides is 1. The first kappa shape index (κ1) is 21.8. The van der Waals surface area contributed by atoms with E-state index in [1.165, 1.54) is 23.2 Å². The van der Waals surface area contributed by atoms with Crippen LogP contribution in [-0.4, -0.2) is 51.9 Å². The number of nitrogens with one attached hydrogen (secondary N) is 1. The van der Waals surface area contributed by atoms with Gasteiger partial charge in [0.2, 0.25) is 15.9 Å². The average molecular weight is 442 g/mol. The molecule has 0 radical (unpaired) electrons. The van der Waals surface area contributed by atoms with Crippen LogP contribution in [-0.2, 0) is 27.7 Å². The van der Waals surface area contributed by atoms with E-state index in [0.717, 1.165) is 37.9 Å². The summed E-state index contributed by atoms with van der Waals surface area (Å²) in [6.07, 6.45) is 4.41. The van der Waals surface area contributed by atoms with Crippen molar-refractivity contribution in [3.63, 3.8) is 0 Å². The lowest BCUT2D eigenvalue weighted by Crippen LogP contribution is -2.49. The van der Waals surface area contributed by atoms with Gasteiger partial charge in [0, 0.05) is 44.8 Å². The Morgan fingerprint density at radius 3 is 2.45 bits per heavy atom. The second kappa shape index (κ2) is 9.40. The molecule has 1 saturated heterocycles. The number of sulfonamides is 1. The highest BCUT2D eigenvalue weighted by molar-refractivity contribution is 7.89. The van der Waals surface area contributed by atoms with Crippen molar-refractivity contribution in [3.8, 4) is 0 Å². The van der Waals surface area contributed by atoms with Crippen molar-refractivity contribution in [1.29, 1.82) is 0 Å². The zero-order chi connectivity index (χ0) is 21.8. The fourth-order valence-corrected chi connectivity index (χ4v) is 5.53. The van der Waals surface area contributed by atoms with Crippen LogP contribution in [0.4, 0.5) is 5.69 Å². The smallest absolute Gasteiger partial charge is 0.240 e. The van der Waals surface area contributed by atoms with E-state index in [9.17, 15) is 13.2 Å². The molecule has 2 aliphatic rings. The zero-order valence-corrected chi connectivity index (χ0v) is 19.0. The summed E-state index contributed by atoms with van der Waals surface area (Å²) in [6.45, 7) is 5.09. The predicted octanol–water partition coefficient (Wildman–Crippen LogP) is 2.89. The molecule has 1 aliphatic heterocycles. The largest absolute Gasteiger partial charge is 0.368 e. The van der Waals surface area contributed by atoms with Crippen molar-refractivity contribution in [3.05, 3.63) is 59.2 Å². The fraction of sp³-hybridized carbons (Fsp3) is 0.458. The number of nitrogens with zero attached hydrogens (tertiary/aromatic N) is 2. The topological polar surface area (TPSA) is 69.7 Å². The third-order valence-electron chi connectivity index (χ3n) is 6.26. The molecule has 6 nitrogen and oxygen atoms in total. The van der Waals surface area contributed by atoms with E-state index in [1.54, 1.807) is 12.1 Å². The number of benzene rings is 2. The van der Waals surface area contributed by atoms with Crippen LogP contribution < -0.4 is 9.62 Å². The van der Waals surface area contributed by atoms with Crippen molar-refractivity contribution >= 4 is 21.6 Å². The van der Waals surface area contributed by atoms with Crippen molar-refractivity contribution < 1.29 is 13.2 Å². The molecule has 0 atom stereocenters. The molecule has 4 rings (SSSR count). The molecule has 0 aromatic heterocycles. The molecule has 0 saturated carbocycles. The third kappa shape index (κ3) is 5.28. The minimum atomic E-state index is -3.60. The summed E-state index contributed by atoms with van der Waals surface area (Å²) in [5, 5.41) is 0. The minimum absolute atomic E-state index is 0.00275. The first-order valence-electron chi connectivity index (χ1n) is 11.1. The van der Waals surface area contributed by atoms with Gasteiger partial charge in [-0.25, -0.2) is 13.1 Å². The van der Waals surface area contributed by atoms with Crippen molar-refractivity contribution in [2.45, 2.75) is 43.9 Å². The average Bonchev–Trinajstić information content (AvgIpc) is 2.78. The quantitative estimate of drug-likeness (QED) is 0.748. The maximum absolute atomic E-state index is 12.7. The minimum Gasteiger partial charge on any atom is -0.368 e. The Labute approximate surface area is 185 Å². The van der Waals surface area contributed by atoms with Gasteiger partial charge in [0.1, 0.15) is 0 Å². The molecule has 0 bridgehead atoms. The molecule has 1 heterocycles. The van der Waals surface area contributed by atoms with Gasteiger partial charge in [0.25, 0.3) is 0 Å². The zero-order valence-electron chi connectivity index (χ0n) is 18.1. The first-order chi connectivity index (χ1) is 14.9. The molecule has 2 aromatic rings. The number of fused-ring (bicyclic) bond motifs is 1. The highest BCUT2D eigenvalue weighted by Gasteiger charge is 2.22. The summed E-state index contributed by atoms with van der Waals surface area (Å²) >= 11 is 0. The van der Waals surface area contributed by atoms with E-state index in [-0.39, 0.29) is 18.9 Å². The molecule has 1 amide bonds. The molecule has 166 valence electrons. The van der Waals surface area contributed by atoms with Gasteiger partial charge in [-0.3, -0.25) is 4.79 Å². The van der Waals surface area contributed by atoms with E-state index in [0.29, 0.717) is 18.0 Å². The molecule has 2 aromatic carbocycles. The number of rotatable bonds is 6. The Morgan fingerprint density at radius 1 is 0.968 bits per heavy atom. The summed E-state index contributed by atoms with van der Waals surface area (Å²) in [7, 11) is -3.60. The van der Waals surface area contributed by atoms with Crippen LogP contribution in [0, 0.1) is 6.92 Å². The number of hydrogen-bond donors (Lipinski definition) is 1. The number of hydrogen-bond acceptors (Lipinski definition) is 4. The SMILES string of the molecule is Cc1cccc(N2CCN(C(=O)CCNS(=O)(=O)c3ccc4c(c3)CCCC4)CC2)c1. The summed E-state index contributed by atoms with van der Waals surface area (Å²) in [5.74, 6) is -0.00275. The maximum Gasteiger partial charge on any atom is 0.240 e. The van der Waals surface area contributed by atoms with E-state index in [4.69, 9.17) is 0 Å². The highest BCUT2D eigenvalue weighted by Crippen LogP contribution is 2.24. The molecule has 1 N–H and O–H groups in total. The normalized spacial score (nSPS) is 16.8. The number of piperazine rings is 1. The fourth-order valence-electron chi connectivity index (χ4n) is 4.45. The molecule has 0 unspecified atom stereocenters. The summed E-state index contributed by atoms with van der Waals surface area (Å²) in [4.78, 5) is 17.0. The summed E-state index contributed by atoms with van der Waals surface area (Å²) in [6, 6.07) is 13.8. The Bertz CT molecular complexity index is 1040. The molecule has 1 fully saturated rings. The van der Waals surface area contributed by atoms with Gasteiger partial charge in [-0.1, -0.05) is 18.2 Å². The van der Waals surface area contributed by atoms with Gasteiger partial charge < -0.3 is 9.80 Å². The van der Waals surface area contributed by atoms with Gasteiger partial charge in [0.05, 0.1) is 4.90 Å². The van der Waals surface area contributed by atoms with Gasteiger partial charge in [-0.05, 0) is 73.6 Å². The van der Waals surface area contributed by atoms with Crippen LogP contribution in [0.2, 0.25) is 0 Å². The van der Waals surface area contributed by atoms with Crippen molar-refractivity contribution in [2.75, 3.05) is 37.6 Å². The van der Waals surface area contributed by atoms with E-state index < -0.39 is 10.0 Å². The van der Waals surface area contributed by atoms with Crippen LogP contribution in [0.25, 0.3) is 0 Å². The highest BCUT2D eigenvalue weighted by atomic mass is 32.2. The van der Waals surface area contributed by atoms with E-state index in [2.05, 4.69) is 40.8 Å². The molecule has 31 heavy (non-hydrogen) atoms. The lowest BCUT2D eigenvalue weighted by atomic mass is 9.92. The van der Waals surface area contributed by atoms with Gasteiger partial charge in [-0.2, -0.15) is 0 Å². The van der Waals surface area contributed by atoms with Crippen molar-refractivity contribution in [1.82, 2.24) is 9.62 Å². The Balaban J connectivity index is 1.26. The van der Waals surface area contributed by atoms with Crippen LogP contribution in [0.3, 0.4) is 0 Å². The van der Waals surface area contributed by atoms with Crippen molar-refractivity contribution in [2.24, 2.45) is 0 Å². The third-order valence-corrected chi connectivity index (χ3v) is 7.72. The van der Waals surface area contributed by atoms with Gasteiger partial charge >= 0.3 is 0 Å². The van der Waals surface area contributed by atoms with Crippen LogP contribution >= 0.6 is 0 Å². The lowest BCUT2D eigenvalue weighted by Gasteiger charge is -2.36. The second-order valence-corrected chi connectivity index (χ2v) is 10.3. The molecule has 0 spiro atoms. The molecular weight excluding hydrogens is 410 g/mol. The first-order valence-corrected chi connectivity index (χ1v) is 12.6. The van der Waals surface area contributed by atoms with Gasteiger partial charge in [0.15, 0.2) is 0 Å². The van der Waals surface area contributed by atoms with E-state index >= 15 is 0 Å². The van der Waals surface area contributed by atoms with Crippen LogP contribution in [0.5, 0.6) is 0 Å². The Morgan fingerprint density at radius 2 is 1.71 bits per heavy atom. The number of aryl methyl sites for hydroxylation is 3. The lowest BCUT2D eigenvalue weighted by molar-refractivity contribution is -0.131. The maximum atomic E-state index is 12.7. The second-order valence-electron chi connectivity index (χ2n) is 8.49. The standard InChI is InChI=1S/C24H31N3O3S/c1-19-5-4-8-22(17-19)26-13-15-27(16-14-26)24(28)11-12-25-31(29,30)23-10-9-20-6-2-3-7-21(20)18-23/h4-5,8-10,17-18,25H,2-3,6-7,11-16H2,1H3. The molecule has 7 heteroatoms.